The average Bonchev–Trinajstić information content (AvgIpc) is 3.18. The van der Waals surface area contributed by atoms with Crippen LogP contribution in [0, 0.1) is 5.92 Å². The van der Waals surface area contributed by atoms with Gasteiger partial charge in [0.05, 0.1) is 32.8 Å². The van der Waals surface area contributed by atoms with Gasteiger partial charge in [-0.25, -0.2) is 20.0 Å². The van der Waals surface area contributed by atoms with Crippen LogP contribution < -0.4 is 4.74 Å². The van der Waals surface area contributed by atoms with Gasteiger partial charge in [0, 0.05) is 23.8 Å². The number of ether oxygens (including phenoxy) is 2. The first-order valence-electron chi connectivity index (χ1n) is 9.02. The minimum Gasteiger partial charge on any atom is -0.493 e. The maximum absolute atomic E-state index is 13.1. The molecule has 146 valence electrons. The number of benzene rings is 1. The van der Waals surface area contributed by atoms with E-state index in [1.54, 1.807) is 0 Å². The van der Waals surface area contributed by atoms with Crippen LogP contribution in [0.2, 0.25) is 0 Å². The molecule has 2 aliphatic rings. The third kappa shape index (κ3) is 3.53. The molecule has 3 atom stereocenters. The Morgan fingerprint density at radius 1 is 1.21 bits per heavy atom. The third-order valence-electron chi connectivity index (χ3n) is 5.00. The van der Waals surface area contributed by atoms with Crippen molar-refractivity contribution in [1.82, 2.24) is 20.0 Å². The number of carbonyl (C=O) groups excluding carboxylic acids is 2. The van der Waals surface area contributed by atoms with E-state index in [-0.39, 0.29) is 30.7 Å². The van der Waals surface area contributed by atoms with E-state index in [0.717, 1.165) is 11.3 Å². The molecule has 1 saturated heterocycles. The second-order valence-corrected chi connectivity index (χ2v) is 6.75. The van der Waals surface area contributed by atoms with Crippen LogP contribution in [-0.4, -0.2) is 52.2 Å². The number of carbonyl (C=O) groups is 2. The van der Waals surface area contributed by atoms with Crippen molar-refractivity contribution in [2.75, 3.05) is 20.3 Å². The Balaban J connectivity index is 1.56. The van der Waals surface area contributed by atoms with Gasteiger partial charge in [-0.05, 0) is 6.07 Å². The minimum atomic E-state index is -0.527. The molecule has 28 heavy (non-hydrogen) atoms. The van der Waals surface area contributed by atoms with Gasteiger partial charge < -0.3 is 9.47 Å². The summed E-state index contributed by atoms with van der Waals surface area (Å²) in [5, 5.41) is 1.41. The first kappa shape index (κ1) is 18.3. The van der Waals surface area contributed by atoms with Crippen LogP contribution in [0.5, 0.6) is 5.75 Å². The van der Waals surface area contributed by atoms with E-state index in [1.807, 2.05) is 24.3 Å². The molecule has 0 bridgehead atoms. The maximum Gasteiger partial charge on any atom is 0.306 e. The van der Waals surface area contributed by atoms with Gasteiger partial charge in [0.1, 0.15) is 24.2 Å². The molecule has 9 heteroatoms. The van der Waals surface area contributed by atoms with Crippen molar-refractivity contribution in [3.8, 4) is 5.75 Å². The van der Waals surface area contributed by atoms with Crippen molar-refractivity contribution < 1.29 is 23.9 Å². The van der Waals surface area contributed by atoms with Crippen molar-refractivity contribution in [2.24, 2.45) is 5.92 Å². The van der Waals surface area contributed by atoms with Crippen LogP contribution >= 0.6 is 0 Å². The fraction of sp³-hybridized carbons (Fsp3) is 0.421. The van der Waals surface area contributed by atoms with E-state index in [1.165, 1.54) is 24.8 Å². The van der Waals surface area contributed by atoms with E-state index < -0.39 is 11.9 Å². The van der Waals surface area contributed by atoms with Crippen LogP contribution in [0.4, 0.5) is 0 Å². The first-order chi connectivity index (χ1) is 13.7. The van der Waals surface area contributed by atoms with Crippen LogP contribution in [0.3, 0.4) is 0 Å². The Labute approximate surface area is 161 Å². The van der Waals surface area contributed by atoms with Crippen molar-refractivity contribution in [3.63, 3.8) is 0 Å². The number of hydrogen-bond acceptors (Lipinski definition) is 8. The SMILES string of the molecule is COC(=O)C[C@H](CC(=O)N1OC[C@@H]2COc3ccccc3[C@@H]21)c1ncncn1. The Bertz CT molecular complexity index is 862. The number of fused-ring (bicyclic) bond motifs is 3. The largest absolute Gasteiger partial charge is 0.493 e. The average molecular weight is 384 g/mol. The van der Waals surface area contributed by atoms with Crippen molar-refractivity contribution in [3.05, 3.63) is 48.3 Å². The summed E-state index contributed by atoms with van der Waals surface area (Å²) >= 11 is 0. The molecule has 0 spiro atoms. The van der Waals surface area contributed by atoms with Crippen molar-refractivity contribution >= 4 is 11.9 Å². The highest BCUT2D eigenvalue weighted by molar-refractivity contribution is 5.78. The normalized spacial score (nSPS) is 21.2. The highest BCUT2D eigenvalue weighted by Crippen LogP contribution is 2.43. The molecule has 0 radical (unpaired) electrons. The Kier molecular flexibility index (Phi) is 5.16. The summed E-state index contributed by atoms with van der Waals surface area (Å²) in [6.45, 7) is 0.892. The van der Waals surface area contributed by atoms with Crippen LogP contribution in [0.15, 0.2) is 36.9 Å². The van der Waals surface area contributed by atoms with Gasteiger partial charge in [-0.2, -0.15) is 0 Å². The summed E-state index contributed by atoms with van der Waals surface area (Å²) in [5.41, 5.74) is 0.925. The zero-order chi connectivity index (χ0) is 19.5. The monoisotopic (exact) mass is 384 g/mol. The second-order valence-electron chi connectivity index (χ2n) is 6.75. The molecular weight excluding hydrogens is 364 g/mol. The fourth-order valence-electron chi connectivity index (χ4n) is 3.64. The number of hydroxylamine groups is 2. The number of aromatic nitrogens is 3. The van der Waals surface area contributed by atoms with Crippen molar-refractivity contribution in [1.29, 1.82) is 0 Å². The lowest BCUT2D eigenvalue weighted by Gasteiger charge is -2.31. The second kappa shape index (κ2) is 7.89. The zero-order valence-corrected chi connectivity index (χ0v) is 15.4. The smallest absolute Gasteiger partial charge is 0.306 e. The summed E-state index contributed by atoms with van der Waals surface area (Å²) in [5.74, 6) is -0.00312. The Morgan fingerprint density at radius 2 is 2.00 bits per heavy atom. The van der Waals surface area contributed by atoms with Crippen LogP contribution in [0.25, 0.3) is 0 Å². The first-order valence-corrected chi connectivity index (χ1v) is 9.02. The molecule has 2 aromatic rings. The van der Waals surface area contributed by atoms with Gasteiger partial charge in [0.25, 0.3) is 0 Å². The standard InChI is InChI=1S/C19H20N4O5/c1-26-17(25)7-12(19-21-10-20-11-22-19)6-16(24)23-18-13(9-28-23)8-27-15-5-3-2-4-14(15)18/h2-5,10-13,18H,6-9H2,1H3/t12-,13-,18+/m0/s1. The molecule has 1 fully saturated rings. The van der Waals surface area contributed by atoms with E-state index in [4.69, 9.17) is 14.3 Å². The molecule has 9 nitrogen and oxygen atoms in total. The van der Waals surface area contributed by atoms with E-state index >= 15 is 0 Å². The molecular formula is C19H20N4O5. The number of para-hydroxylation sites is 1. The van der Waals surface area contributed by atoms with Crippen LogP contribution in [0.1, 0.15) is 36.2 Å². The van der Waals surface area contributed by atoms with Gasteiger partial charge in [0.15, 0.2) is 0 Å². The molecule has 4 rings (SSSR count). The lowest BCUT2D eigenvalue weighted by molar-refractivity contribution is -0.178. The minimum absolute atomic E-state index is 0.00606. The molecule has 2 aliphatic heterocycles. The highest BCUT2D eigenvalue weighted by atomic mass is 16.7. The molecule has 1 amide bonds. The zero-order valence-electron chi connectivity index (χ0n) is 15.4. The quantitative estimate of drug-likeness (QED) is 0.713. The van der Waals surface area contributed by atoms with E-state index in [9.17, 15) is 9.59 Å². The summed E-state index contributed by atoms with van der Waals surface area (Å²) in [4.78, 5) is 42.6. The van der Waals surface area contributed by atoms with E-state index in [2.05, 4.69) is 15.0 Å². The number of amides is 1. The number of methoxy groups -OCH3 is 1. The molecule has 0 unspecified atom stereocenters. The number of nitrogens with zero attached hydrogens (tertiary/aromatic N) is 4. The molecule has 0 N–H and O–H groups in total. The van der Waals surface area contributed by atoms with Crippen molar-refractivity contribution in [2.45, 2.75) is 24.8 Å². The van der Waals surface area contributed by atoms with Gasteiger partial charge in [-0.15, -0.1) is 0 Å². The Morgan fingerprint density at radius 3 is 2.79 bits per heavy atom. The highest BCUT2D eigenvalue weighted by Gasteiger charge is 2.44. The van der Waals surface area contributed by atoms with Crippen LogP contribution in [-0.2, 0) is 19.2 Å². The molecule has 1 aromatic carbocycles. The predicted molar refractivity (Wildman–Crippen MR) is 94.8 cm³/mol. The molecule has 1 aromatic heterocycles. The maximum atomic E-state index is 13.1. The number of esters is 1. The molecule has 0 aliphatic carbocycles. The number of rotatable bonds is 5. The summed E-state index contributed by atoms with van der Waals surface area (Å²) in [6, 6.07) is 7.43. The number of hydrogen-bond donors (Lipinski definition) is 0. The van der Waals surface area contributed by atoms with Gasteiger partial charge in [-0.1, -0.05) is 18.2 Å². The predicted octanol–water partition coefficient (Wildman–Crippen LogP) is 1.43. The fourth-order valence-corrected chi connectivity index (χ4v) is 3.64. The third-order valence-corrected chi connectivity index (χ3v) is 5.00. The summed E-state index contributed by atoms with van der Waals surface area (Å²) in [7, 11) is 1.31. The lowest BCUT2D eigenvalue weighted by Crippen LogP contribution is -2.35. The lowest BCUT2D eigenvalue weighted by atomic mass is 9.91. The van der Waals surface area contributed by atoms with Gasteiger partial charge >= 0.3 is 5.97 Å². The molecule has 0 saturated carbocycles. The molecule has 3 heterocycles. The summed E-state index contributed by atoms with van der Waals surface area (Å²) < 4.78 is 10.5. The van der Waals surface area contributed by atoms with E-state index in [0.29, 0.717) is 19.0 Å². The topological polar surface area (TPSA) is 104 Å². The van der Waals surface area contributed by atoms with Gasteiger partial charge in [0.2, 0.25) is 5.91 Å². The Hall–Kier alpha value is -3.07. The van der Waals surface area contributed by atoms with Gasteiger partial charge in [-0.3, -0.25) is 14.4 Å². The summed E-state index contributed by atoms with van der Waals surface area (Å²) in [6.07, 6.45) is 2.70.